The number of nitrogens with zero attached hydrogens (tertiary/aromatic N) is 1. The summed E-state index contributed by atoms with van der Waals surface area (Å²) in [7, 11) is 0. The summed E-state index contributed by atoms with van der Waals surface area (Å²) in [5.74, 6) is -0.977. The van der Waals surface area contributed by atoms with E-state index in [9.17, 15) is 22.4 Å². The number of hydrogen-bond acceptors (Lipinski definition) is 2. The molecular formula is C30H25F4NO2. The van der Waals surface area contributed by atoms with E-state index in [-0.39, 0.29) is 30.2 Å². The molecule has 7 heteroatoms. The molecule has 2 aliphatic heterocycles. The summed E-state index contributed by atoms with van der Waals surface area (Å²) < 4.78 is 59.7. The van der Waals surface area contributed by atoms with E-state index < -0.39 is 23.7 Å². The highest BCUT2D eigenvalue weighted by Crippen LogP contribution is 2.45. The first-order chi connectivity index (χ1) is 17.8. The molecule has 1 fully saturated rings. The fourth-order valence-electron chi connectivity index (χ4n) is 6.14. The minimum Gasteiger partial charge on any atom is -0.448 e. The van der Waals surface area contributed by atoms with Crippen molar-refractivity contribution in [3.63, 3.8) is 0 Å². The molecule has 0 radical (unpaired) electrons. The quantitative estimate of drug-likeness (QED) is 0.339. The number of fused-ring (bicyclic) bond motifs is 5. The van der Waals surface area contributed by atoms with E-state index in [4.69, 9.17) is 4.74 Å². The van der Waals surface area contributed by atoms with Crippen LogP contribution in [0.1, 0.15) is 53.9 Å². The first kappa shape index (κ1) is 23.8. The second-order valence-corrected chi connectivity index (χ2v) is 9.99. The van der Waals surface area contributed by atoms with Gasteiger partial charge in [0.15, 0.2) is 0 Å². The number of rotatable bonds is 3. The summed E-state index contributed by atoms with van der Waals surface area (Å²) in [6.07, 6.45) is -0.557. The Kier molecular flexibility index (Phi) is 5.81. The lowest BCUT2D eigenvalue weighted by atomic mass is 9.83. The SMILES string of the molecule is O=C(OCC1c2ccccc2-c2ccccc21)N1C2C=C(c3cc(F)cc(C(F)(F)F)c3)CC1CCC2. The van der Waals surface area contributed by atoms with Gasteiger partial charge in [0.05, 0.1) is 11.6 Å². The van der Waals surface area contributed by atoms with Gasteiger partial charge in [0.2, 0.25) is 0 Å². The van der Waals surface area contributed by atoms with Crippen LogP contribution in [0.25, 0.3) is 16.7 Å². The van der Waals surface area contributed by atoms with Gasteiger partial charge >= 0.3 is 12.3 Å². The van der Waals surface area contributed by atoms with Crippen molar-refractivity contribution in [2.75, 3.05) is 6.61 Å². The Hall–Kier alpha value is -3.61. The van der Waals surface area contributed by atoms with Crippen molar-refractivity contribution in [2.45, 2.75) is 49.9 Å². The van der Waals surface area contributed by atoms with Gasteiger partial charge in [0.1, 0.15) is 12.4 Å². The van der Waals surface area contributed by atoms with Crippen LogP contribution < -0.4 is 0 Å². The van der Waals surface area contributed by atoms with Crippen LogP contribution in [0.3, 0.4) is 0 Å². The average molecular weight is 508 g/mol. The van der Waals surface area contributed by atoms with E-state index in [0.717, 1.165) is 47.2 Å². The topological polar surface area (TPSA) is 29.5 Å². The molecule has 2 unspecified atom stereocenters. The van der Waals surface area contributed by atoms with E-state index >= 15 is 0 Å². The van der Waals surface area contributed by atoms with Gasteiger partial charge in [-0.3, -0.25) is 4.90 Å². The Morgan fingerprint density at radius 2 is 1.62 bits per heavy atom. The van der Waals surface area contributed by atoms with Crippen LogP contribution >= 0.6 is 0 Å². The molecule has 2 bridgehead atoms. The van der Waals surface area contributed by atoms with E-state index in [2.05, 4.69) is 24.3 Å². The van der Waals surface area contributed by atoms with Gasteiger partial charge in [-0.2, -0.15) is 13.2 Å². The second kappa shape index (κ2) is 9.05. The number of ether oxygens (including phenoxy) is 1. The molecule has 0 aromatic heterocycles. The molecule has 3 aliphatic rings. The highest BCUT2D eigenvalue weighted by Gasteiger charge is 2.40. The van der Waals surface area contributed by atoms with E-state index in [1.54, 1.807) is 4.90 Å². The molecule has 0 spiro atoms. The van der Waals surface area contributed by atoms with Crippen LogP contribution in [0.5, 0.6) is 0 Å². The summed E-state index contributed by atoms with van der Waals surface area (Å²) in [6, 6.07) is 18.4. The molecule has 1 amide bonds. The Morgan fingerprint density at radius 3 is 2.27 bits per heavy atom. The molecule has 2 heterocycles. The number of carbonyl (C=O) groups excluding carboxylic acids is 1. The molecule has 0 saturated carbocycles. The van der Waals surface area contributed by atoms with Crippen molar-refractivity contribution in [3.8, 4) is 11.1 Å². The number of benzene rings is 3. The summed E-state index contributed by atoms with van der Waals surface area (Å²) in [5.41, 5.74) is 4.41. The molecular weight excluding hydrogens is 482 g/mol. The maximum atomic E-state index is 14.1. The molecule has 1 saturated heterocycles. The maximum Gasteiger partial charge on any atom is 0.416 e. The summed E-state index contributed by atoms with van der Waals surface area (Å²) in [6.45, 7) is 0.207. The van der Waals surface area contributed by atoms with E-state index in [1.165, 1.54) is 0 Å². The lowest BCUT2D eigenvalue weighted by Gasteiger charge is -2.44. The smallest absolute Gasteiger partial charge is 0.416 e. The van der Waals surface area contributed by atoms with Gasteiger partial charge in [-0.05, 0) is 77.3 Å². The van der Waals surface area contributed by atoms with Crippen LogP contribution in [0.4, 0.5) is 22.4 Å². The zero-order valence-corrected chi connectivity index (χ0v) is 20.0. The number of piperidine rings is 1. The van der Waals surface area contributed by atoms with Crippen LogP contribution in [0.15, 0.2) is 72.8 Å². The predicted octanol–water partition coefficient (Wildman–Crippen LogP) is 7.80. The molecule has 2 atom stereocenters. The third kappa shape index (κ3) is 4.30. The van der Waals surface area contributed by atoms with Gasteiger partial charge in [-0.15, -0.1) is 0 Å². The highest BCUT2D eigenvalue weighted by atomic mass is 19.4. The monoisotopic (exact) mass is 507 g/mol. The van der Waals surface area contributed by atoms with Gasteiger partial charge in [-0.25, -0.2) is 9.18 Å². The summed E-state index contributed by atoms with van der Waals surface area (Å²) in [4.78, 5) is 15.1. The van der Waals surface area contributed by atoms with Crippen molar-refractivity contribution in [2.24, 2.45) is 0 Å². The number of halogens is 4. The fraction of sp³-hybridized carbons (Fsp3) is 0.300. The van der Waals surface area contributed by atoms with Crippen molar-refractivity contribution in [1.29, 1.82) is 0 Å². The minimum atomic E-state index is -4.63. The number of hydrogen-bond donors (Lipinski definition) is 0. The molecule has 6 rings (SSSR count). The van der Waals surface area contributed by atoms with Crippen molar-refractivity contribution in [1.82, 2.24) is 4.90 Å². The summed E-state index contributed by atoms with van der Waals surface area (Å²) in [5, 5.41) is 0. The van der Waals surface area contributed by atoms with Crippen molar-refractivity contribution < 1.29 is 27.1 Å². The zero-order chi connectivity index (χ0) is 25.7. The van der Waals surface area contributed by atoms with E-state index in [0.29, 0.717) is 24.5 Å². The molecule has 37 heavy (non-hydrogen) atoms. The third-order valence-corrected chi connectivity index (χ3v) is 7.78. The van der Waals surface area contributed by atoms with Crippen LogP contribution in [-0.4, -0.2) is 29.7 Å². The van der Waals surface area contributed by atoms with Gasteiger partial charge in [-0.1, -0.05) is 54.6 Å². The average Bonchev–Trinajstić information content (AvgIpc) is 3.19. The maximum absolute atomic E-state index is 14.1. The standard InChI is InChI=1S/C30H25F4NO2/c31-21-13-18(12-20(16-21)30(32,33)34)19-14-22-6-5-7-23(15-19)35(22)29(36)37-17-28-26-10-3-1-8-24(26)25-9-2-4-11-27(25)28/h1-4,8-14,16,22-23,28H,5-7,15,17H2. The van der Waals surface area contributed by atoms with Gasteiger partial charge < -0.3 is 4.74 Å². The Bertz CT molecular complexity index is 1350. The Balaban J connectivity index is 1.23. The first-order valence-corrected chi connectivity index (χ1v) is 12.5. The molecule has 3 aromatic carbocycles. The fourth-order valence-corrected chi connectivity index (χ4v) is 6.14. The van der Waals surface area contributed by atoms with Gasteiger partial charge in [0.25, 0.3) is 0 Å². The lowest BCUT2D eigenvalue weighted by molar-refractivity contribution is -0.137. The first-order valence-electron chi connectivity index (χ1n) is 12.5. The number of alkyl halides is 3. The van der Waals surface area contributed by atoms with Crippen LogP contribution in [0, 0.1) is 5.82 Å². The molecule has 3 nitrogen and oxygen atoms in total. The minimum absolute atomic E-state index is 0.0554. The van der Waals surface area contributed by atoms with Crippen molar-refractivity contribution >= 4 is 11.7 Å². The molecule has 3 aromatic rings. The number of carbonyl (C=O) groups is 1. The lowest BCUT2D eigenvalue weighted by Crippen LogP contribution is -2.51. The molecule has 190 valence electrons. The number of amides is 1. The van der Waals surface area contributed by atoms with Crippen LogP contribution in [-0.2, 0) is 10.9 Å². The van der Waals surface area contributed by atoms with Crippen LogP contribution in [0.2, 0.25) is 0 Å². The largest absolute Gasteiger partial charge is 0.448 e. The highest BCUT2D eigenvalue weighted by molar-refractivity contribution is 5.79. The Labute approximate surface area is 212 Å². The normalized spacial score (nSPS) is 20.8. The van der Waals surface area contributed by atoms with E-state index in [1.807, 2.05) is 30.3 Å². The van der Waals surface area contributed by atoms with Crippen molar-refractivity contribution in [3.05, 3.63) is 101 Å². The third-order valence-electron chi connectivity index (χ3n) is 7.78. The van der Waals surface area contributed by atoms with Gasteiger partial charge in [0, 0.05) is 12.0 Å². The molecule has 1 aliphatic carbocycles. The zero-order valence-electron chi connectivity index (χ0n) is 20.0. The molecule has 0 N–H and O–H groups in total. The Morgan fingerprint density at radius 1 is 0.946 bits per heavy atom. The second-order valence-electron chi connectivity index (χ2n) is 9.99. The summed E-state index contributed by atoms with van der Waals surface area (Å²) >= 11 is 0. The predicted molar refractivity (Wildman–Crippen MR) is 132 cm³/mol.